The number of aromatic nitrogens is 1. The summed E-state index contributed by atoms with van der Waals surface area (Å²) in [5.74, 6) is 0. The number of nitrogens with zero attached hydrogens (tertiary/aromatic N) is 2. The van der Waals surface area contributed by atoms with E-state index in [0.717, 1.165) is 18.7 Å². The summed E-state index contributed by atoms with van der Waals surface area (Å²) in [6, 6.07) is 4.08. The zero-order valence-electron chi connectivity index (χ0n) is 8.58. The van der Waals surface area contributed by atoms with Crippen LogP contribution in [0.5, 0.6) is 0 Å². The Morgan fingerprint density at radius 2 is 2.43 bits per heavy atom. The van der Waals surface area contributed by atoms with Crippen molar-refractivity contribution in [1.29, 1.82) is 5.26 Å². The van der Waals surface area contributed by atoms with Gasteiger partial charge in [0.15, 0.2) is 0 Å². The van der Waals surface area contributed by atoms with Crippen LogP contribution in [0.4, 0.5) is 0 Å². The Morgan fingerprint density at radius 1 is 1.64 bits per heavy atom. The SMILES string of the molecule is CC(C)(C#N)CCNCc1ccon1. The highest BCUT2D eigenvalue weighted by atomic mass is 16.5. The lowest BCUT2D eigenvalue weighted by Crippen LogP contribution is -2.21. The van der Waals surface area contributed by atoms with E-state index in [0.29, 0.717) is 6.54 Å². The Morgan fingerprint density at radius 3 is 3.00 bits per heavy atom. The van der Waals surface area contributed by atoms with Gasteiger partial charge >= 0.3 is 0 Å². The van der Waals surface area contributed by atoms with E-state index < -0.39 is 0 Å². The highest BCUT2D eigenvalue weighted by molar-refractivity contribution is 4.95. The van der Waals surface area contributed by atoms with Gasteiger partial charge < -0.3 is 9.84 Å². The lowest BCUT2D eigenvalue weighted by Gasteiger charge is -2.14. The molecule has 0 bridgehead atoms. The van der Waals surface area contributed by atoms with Crippen molar-refractivity contribution < 1.29 is 4.52 Å². The topological polar surface area (TPSA) is 61.9 Å². The summed E-state index contributed by atoms with van der Waals surface area (Å²) in [5, 5.41) is 15.7. The van der Waals surface area contributed by atoms with E-state index in [1.165, 1.54) is 0 Å². The lowest BCUT2D eigenvalue weighted by atomic mass is 9.91. The molecule has 0 amide bonds. The first-order chi connectivity index (χ1) is 6.64. The maximum atomic E-state index is 8.77. The van der Waals surface area contributed by atoms with E-state index in [4.69, 9.17) is 9.78 Å². The third-order valence-corrected chi connectivity index (χ3v) is 2.03. The molecule has 0 aromatic carbocycles. The fourth-order valence-electron chi connectivity index (χ4n) is 1.00. The van der Waals surface area contributed by atoms with Crippen LogP contribution in [-0.4, -0.2) is 11.7 Å². The van der Waals surface area contributed by atoms with Gasteiger partial charge in [-0.1, -0.05) is 5.16 Å². The minimum atomic E-state index is -0.253. The molecule has 4 heteroatoms. The number of hydrogen-bond donors (Lipinski definition) is 1. The number of nitrogens with one attached hydrogen (secondary N) is 1. The van der Waals surface area contributed by atoms with Gasteiger partial charge in [-0.3, -0.25) is 0 Å². The molecule has 0 aliphatic rings. The molecule has 0 saturated carbocycles. The molecule has 76 valence electrons. The Kier molecular flexibility index (Phi) is 3.66. The van der Waals surface area contributed by atoms with Gasteiger partial charge in [0, 0.05) is 12.6 Å². The van der Waals surface area contributed by atoms with Crippen LogP contribution in [-0.2, 0) is 6.54 Å². The molecular formula is C10H15N3O. The van der Waals surface area contributed by atoms with Gasteiger partial charge in [-0.2, -0.15) is 5.26 Å². The van der Waals surface area contributed by atoms with Crippen LogP contribution in [0.25, 0.3) is 0 Å². The molecule has 0 aliphatic heterocycles. The molecule has 0 fully saturated rings. The summed E-state index contributed by atoms with van der Waals surface area (Å²) in [6.07, 6.45) is 2.39. The Balaban J connectivity index is 2.15. The summed E-state index contributed by atoms with van der Waals surface area (Å²) >= 11 is 0. The van der Waals surface area contributed by atoms with Crippen molar-refractivity contribution in [2.75, 3.05) is 6.54 Å². The van der Waals surface area contributed by atoms with Gasteiger partial charge in [0.1, 0.15) is 6.26 Å². The van der Waals surface area contributed by atoms with E-state index in [-0.39, 0.29) is 5.41 Å². The monoisotopic (exact) mass is 193 g/mol. The second-order valence-electron chi connectivity index (χ2n) is 3.91. The summed E-state index contributed by atoms with van der Waals surface area (Å²) < 4.78 is 4.69. The van der Waals surface area contributed by atoms with Crippen molar-refractivity contribution in [1.82, 2.24) is 10.5 Å². The minimum Gasteiger partial charge on any atom is -0.364 e. The van der Waals surface area contributed by atoms with Crippen molar-refractivity contribution >= 4 is 0 Å². The summed E-state index contributed by atoms with van der Waals surface area (Å²) in [7, 11) is 0. The number of hydrogen-bond acceptors (Lipinski definition) is 4. The highest BCUT2D eigenvalue weighted by Crippen LogP contribution is 2.17. The van der Waals surface area contributed by atoms with Crippen LogP contribution in [0.15, 0.2) is 16.9 Å². The first-order valence-corrected chi connectivity index (χ1v) is 4.65. The third-order valence-electron chi connectivity index (χ3n) is 2.03. The number of nitriles is 1. The van der Waals surface area contributed by atoms with Crippen molar-refractivity contribution in [2.45, 2.75) is 26.8 Å². The zero-order chi connectivity index (χ0) is 10.4. The van der Waals surface area contributed by atoms with Gasteiger partial charge in [0.2, 0.25) is 0 Å². The minimum absolute atomic E-state index is 0.253. The average Bonchev–Trinajstić information content (AvgIpc) is 2.65. The van der Waals surface area contributed by atoms with Crippen LogP contribution in [0.2, 0.25) is 0 Å². The molecule has 0 atom stereocenters. The lowest BCUT2D eigenvalue weighted by molar-refractivity contribution is 0.402. The van der Waals surface area contributed by atoms with E-state index in [1.807, 2.05) is 19.9 Å². The van der Waals surface area contributed by atoms with Crippen molar-refractivity contribution in [3.05, 3.63) is 18.0 Å². The summed E-state index contributed by atoms with van der Waals surface area (Å²) in [6.45, 7) is 5.38. The predicted octanol–water partition coefficient (Wildman–Crippen LogP) is 1.70. The maximum absolute atomic E-state index is 8.77. The highest BCUT2D eigenvalue weighted by Gasteiger charge is 2.15. The first kappa shape index (κ1) is 10.7. The largest absolute Gasteiger partial charge is 0.364 e. The molecule has 4 nitrogen and oxygen atoms in total. The summed E-state index contributed by atoms with van der Waals surface area (Å²) in [4.78, 5) is 0. The van der Waals surface area contributed by atoms with Gasteiger partial charge in [-0.15, -0.1) is 0 Å². The molecule has 14 heavy (non-hydrogen) atoms. The smallest absolute Gasteiger partial charge is 0.124 e. The predicted molar refractivity (Wildman–Crippen MR) is 52.2 cm³/mol. The fourth-order valence-corrected chi connectivity index (χ4v) is 1.00. The van der Waals surface area contributed by atoms with Gasteiger partial charge in [0.25, 0.3) is 0 Å². The van der Waals surface area contributed by atoms with Crippen molar-refractivity contribution in [3.63, 3.8) is 0 Å². The second-order valence-corrected chi connectivity index (χ2v) is 3.91. The molecule has 0 aliphatic carbocycles. The van der Waals surface area contributed by atoms with Crippen LogP contribution in [0.1, 0.15) is 26.0 Å². The molecule has 0 spiro atoms. The van der Waals surface area contributed by atoms with E-state index in [1.54, 1.807) is 6.26 Å². The standard InChI is InChI=1S/C10H15N3O/c1-10(2,8-11)4-5-12-7-9-3-6-14-13-9/h3,6,12H,4-5,7H2,1-2H3. The molecule has 0 saturated heterocycles. The third kappa shape index (κ3) is 3.58. The van der Waals surface area contributed by atoms with Crippen LogP contribution in [0, 0.1) is 16.7 Å². The van der Waals surface area contributed by atoms with Crippen LogP contribution < -0.4 is 5.32 Å². The molecule has 1 N–H and O–H groups in total. The van der Waals surface area contributed by atoms with E-state index >= 15 is 0 Å². The van der Waals surface area contributed by atoms with E-state index in [2.05, 4.69) is 16.5 Å². The van der Waals surface area contributed by atoms with Crippen molar-refractivity contribution in [2.24, 2.45) is 5.41 Å². The zero-order valence-corrected chi connectivity index (χ0v) is 8.58. The molecule has 0 unspecified atom stereocenters. The Bertz CT molecular complexity index is 298. The van der Waals surface area contributed by atoms with E-state index in [9.17, 15) is 0 Å². The van der Waals surface area contributed by atoms with Crippen LogP contribution in [0.3, 0.4) is 0 Å². The molecule has 1 aromatic rings. The summed E-state index contributed by atoms with van der Waals surface area (Å²) in [5.41, 5.74) is 0.636. The molecule has 1 rings (SSSR count). The van der Waals surface area contributed by atoms with Crippen LogP contribution >= 0.6 is 0 Å². The Hall–Kier alpha value is -1.34. The number of rotatable bonds is 5. The average molecular weight is 193 g/mol. The normalized spacial score (nSPS) is 11.2. The molecule has 1 heterocycles. The van der Waals surface area contributed by atoms with Gasteiger partial charge in [-0.25, -0.2) is 0 Å². The first-order valence-electron chi connectivity index (χ1n) is 4.65. The quantitative estimate of drug-likeness (QED) is 0.723. The van der Waals surface area contributed by atoms with Gasteiger partial charge in [0.05, 0.1) is 17.2 Å². The molecular weight excluding hydrogens is 178 g/mol. The second kappa shape index (κ2) is 4.77. The fraction of sp³-hybridized carbons (Fsp3) is 0.600. The Labute approximate surface area is 83.9 Å². The molecule has 0 radical (unpaired) electrons. The van der Waals surface area contributed by atoms with Gasteiger partial charge in [-0.05, 0) is 26.8 Å². The molecule has 1 aromatic heterocycles. The maximum Gasteiger partial charge on any atom is 0.124 e. The van der Waals surface area contributed by atoms with Crippen molar-refractivity contribution in [3.8, 4) is 6.07 Å².